The second kappa shape index (κ2) is 48.0. The molecule has 0 bridgehead atoms. The number of aromatic nitrogens is 2. The van der Waals surface area contributed by atoms with Gasteiger partial charge in [-0.3, -0.25) is 41.1 Å². The maximum Gasteiger partial charge on any atom is 1.00 e. The van der Waals surface area contributed by atoms with Crippen molar-refractivity contribution in [1.82, 2.24) is 9.97 Å². The van der Waals surface area contributed by atoms with E-state index in [1.165, 1.54) is 25.7 Å². The van der Waals surface area contributed by atoms with Gasteiger partial charge in [0.05, 0.1) is 59.3 Å². The number of nitrogens with one attached hydrogen (secondary N) is 1. The van der Waals surface area contributed by atoms with Gasteiger partial charge in [-0.2, -0.15) is 0 Å². The normalized spacial score (nSPS) is 14.0. The molecule has 25 heteroatoms. The summed E-state index contributed by atoms with van der Waals surface area (Å²) in [4.78, 5) is 31.7. The molecule has 0 unspecified atom stereocenters. The van der Waals surface area contributed by atoms with Crippen molar-refractivity contribution in [2.45, 2.75) is 132 Å². The predicted molar refractivity (Wildman–Crippen MR) is 415 cm³/mol. The van der Waals surface area contributed by atoms with Crippen LogP contribution in [0.1, 0.15) is 127 Å². The van der Waals surface area contributed by atoms with Crippen molar-refractivity contribution in [2.75, 3.05) is 7.15 Å². The third-order valence-electron chi connectivity index (χ3n) is 18.0. The molecule has 0 spiro atoms. The number of aromatic amines is 1. The fourth-order valence-corrected chi connectivity index (χ4v) is 15.3. The minimum absolute atomic E-state index is 0. The standard InChI is InChI=1S/C48H51NO8P2.C20H25NO2.C14H14ClO3P.CH3F.CH2O3.2K.H/c1-48(2)30-28-38(29-31-48)32-44-33-45(56-58(50,52-34-39-18-8-3-9-19-39)53-35-40-20-10-4-11-21-40)46(43-26-16-7-17-27-43)47(49-44)57-59(51,54-36-41-22-12-5-13-23-41)55-37-42-24-14-6-15-25-42;1-20(2)10-8-14(9-11-20)12-16-13-17(22)18(19(23)21-16)15-6-4-3-5-7-15;15-19(16,17-11-13-7-3-1-4-8-13)18-12-14-9-5-2-6-10-14;1-2;2-1-4-3;;;/h3-27,33,38H,28-32,34-37H2,1-2H3;3-7,13-14H,8-12H2,1-2H3,(H2,21,22,23);1-10H,11-12H2;1H3;1,3H;;;/q;;;;;2*+1;-1/p-1/i;;;1D;;;;. The molecule has 109 heavy (non-hydrogen) atoms. The average molecular weight is 1620 g/mol. The third kappa shape index (κ3) is 32.9. The first-order chi connectivity index (χ1) is 52.1. The van der Waals surface area contributed by atoms with Gasteiger partial charge < -0.3 is 30.7 Å². The van der Waals surface area contributed by atoms with Crippen LogP contribution in [0, 0.1) is 22.7 Å². The van der Waals surface area contributed by atoms with Gasteiger partial charge in [0.1, 0.15) is 11.5 Å². The molecule has 0 saturated heterocycles. The van der Waals surface area contributed by atoms with E-state index in [9.17, 15) is 28.0 Å². The van der Waals surface area contributed by atoms with Crippen molar-refractivity contribution >= 4 is 40.3 Å². The number of hydrogen-bond acceptors (Lipinski definition) is 17. The van der Waals surface area contributed by atoms with E-state index >= 15 is 0 Å². The van der Waals surface area contributed by atoms with E-state index in [4.69, 9.17) is 63.8 Å². The van der Waals surface area contributed by atoms with Gasteiger partial charge in [-0.1, -0.05) is 270 Å². The Labute approximate surface area is 732 Å². The summed E-state index contributed by atoms with van der Waals surface area (Å²) in [7, 11) is -9.82. The summed E-state index contributed by atoms with van der Waals surface area (Å²) in [6.45, 7) is 5.67. The molecule has 0 atom stereocenters. The molecule has 12 rings (SSSR count). The molecule has 0 radical (unpaired) electrons. The van der Waals surface area contributed by atoms with Crippen LogP contribution in [0.4, 0.5) is 4.39 Å². The van der Waals surface area contributed by atoms with Crippen molar-refractivity contribution in [1.29, 1.82) is 0 Å². The van der Waals surface area contributed by atoms with Gasteiger partial charge in [0, 0.05) is 34.8 Å². The Morgan fingerprint density at radius 3 is 1.13 bits per heavy atom. The second-order valence-corrected chi connectivity index (χ2v) is 33.1. The van der Waals surface area contributed by atoms with Gasteiger partial charge in [0.2, 0.25) is 5.88 Å². The van der Waals surface area contributed by atoms with Crippen LogP contribution in [0.3, 0.4) is 0 Å². The Balaban J connectivity index is 0.000000345. The largest absolute Gasteiger partial charge is 1.00 e. The number of phosphoric ester groups is 2. The van der Waals surface area contributed by atoms with Gasteiger partial charge in [0.25, 0.3) is 12.0 Å². The second-order valence-electron chi connectivity index (χ2n) is 27.3. The molecule has 18 nitrogen and oxygen atoms in total. The fraction of sp³-hybridized carbons (Fsp3) is 0.298. The SMILES string of the molecule is CC1(C)CCC(Cc2cc(O)c(-c3ccccc3)c(=O)[nH]2)CC1.CC1(C)CCC(Cc2cc(OP(=O)(OCc3ccccc3)OCc3ccccc3)c(-c3ccccc3)c(OP(=O)(OCc3ccccc3)OCc3ccccc3)n2)CC1.O=CO[O-].O=P(Cl)(OCc1ccccc1)OCc1ccccc1.[2H]CF.[H-].[K+].[K+]. The molecule has 568 valence electrons. The number of carbonyl (C=O) groups is 1. The topological polar surface area (TPSA) is 240 Å². The van der Waals surface area contributed by atoms with E-state index in [0.29, 0.717) is 40.5 Å². The molecule has 2 fully saturated rings. The van der Waals surface area contributed by atoms with Gasteiger partial charge in [-0.25, -0.2) is 18.7 Å². The number of rotatable bonds is 29. The minimum Gasteiger partial charge on any atom is -1.00 e. The number of phosphoric acid groups is 2. The molecule has 2 aliphatic carbocycles. The van der Waals surface area contributed by atoms with Gasteiger partial charge in [0.15, 0.2) is 0 Å². The predicted octanol–water partition coefficient (Wildman–Crippen LogP) is 15.8. The maximum atomic E-state index is 15.0. The zero-order valence-corrected chi connectivity index (χ0v) is 72.3. The van der Waals surface area contributed by atoms with Crippen molar-refractivity contribution < 1.29 is 180 Å². The summed E-state index contributed by atoms with van der Waals surface area (Å²) in [5.74, 6) is 1.08. The number of alkyl halides is 1. The molecule has 0 amide bonds. The average Bonchev–Trinajstić information content (AvgIpc) is 0.773. The summed E-state index contributed by atoms with van der Waals surface area (Å²) in [6, 6.07) is 78.5. The van der Waals surface area contributed by atoms with E-state index in [2.05, 4.69) is 37.6 Å². The van der Waals surface area contributed by atoms with Gasteiger partial charge in [-0.15, -0.1) is 0 Å². The quantitative estimate of drug-likeness (QED) is 0.0146. The summed E-state index contributed by atoms with van der Waals surface area (Å²) in [5.41, 5.74) is 8.88. The van der Waals surface area contributed by atoms with E-state index in [0.717, 1.165) is 76.7 Å². The molecule has 2 N–H and O–H groups in total. The first-order valence-corrected chi connectivity index (χ1v) is 40.6. The van der Waals surface area contributed by atoms with Crippen molar-refractivity contribution in [2.24, 2.45) is 22.7 Å². The van der Waals surface area contributed by atoms with Crippen molar-refractivity contribution in [3.63, 3.8) is 0 Å². The van der Waals surface area contributed by atoms with Gasteiger partial charge >= 0.3 is 125 Å². The van der Waals surface area contributed by atoms with Crippen LogP contribution in [0.25, 0.3) is 22.3 Å². The molecule has 2 aromatic heterocycles. The third-order valence-corrected chi connectivity index (χ3v) is 22.0. The Kier molecular flexibility index (Phi) is 40.0. The molecule has 2 aliphatic rings. The zero-order valence-electron chi connectivity index (χ0n) is 64.6. The van der Waals surface area contributed by atoms with Crippen LogP contribution in [-0.2, 0) is 103 Å². The first-order valence-electron chi connectivity index (χ1n) is 35.9. The molecular formula is C84H95ClFK2N2O16P3. The fourth-order valence-electron chi connectivity index (χ4n) is 12.0. The first kappa shape index (κ1) is 90.8. The summed E-state index contributed by atoms with van der Waals surface area (Å²) < 4.78 is 105. The Bertz CT molecular complexity index is 4220. The number of hydrogen-bond donors (Lipinski definition) is 2. The number of nitrogens with zero attached hydrogens (tertiary/aromatic N) is 1. The number of halogens is 2. The monoisotopic (exact) mass is 1610 g/mol. The summed E-state index contributed by atoms with van der Waals surface area (Å²) in [6.07, 6.45) is 10.5. The molecule has 2 heterocycles. The number of H-pyrrole nitrogens is 1. The number of benzene rings is 8. The van der Waals surface area contributed by atoms with Crippen LogP contribution >= 0.6 is 33.8 Å². The van der Waals surface area contributed by atoms with E-state index in [1.54, 1.807) is 12.1 Å². The summed E-state index contributed by atoms with van der Waals surface area (Å²) in [5, 5.41) is 18.7. The molecular weight excluding hydrogens is 1520 g/mol. The van der Waals surface area contributed by atoms with Crippen molar-refractivity contribution in [3.05, 3.63) is 310 Å². The van der Waals surface area contributed by atoms with Crippen LogP contribution in [-0.4, -0.2) is 28.7 Å². The van der Waals surface area contributed by atoms with Crippen LogP contribution < -0.4 is 123 Å². The summed E-state index contributed by atoms with van der Waals surface area (Å²) >= 11 is 5.75. The van der Waals surface area contributed by atoms with Crippen molar-refractivity contribution in [3.8, 4) is 39.6 Å². The van der Waals surface area contributed by atoms with Crippen LogP contribution in [0.2, 0.25) is 0 Å². The van der Waals surface area contributed by atoms with Crippen LogP contribution in [0.5, 0.6) is 17.4 Å². The Hall–Kier alpha value is -5.37. The minimum atomic E-state index is -4.43. The van der Waals surface area contributed by atoms with Gasteiger partial charge in [-0.05, 0) is 131 Å². The number of aromatic hydroxyl groups is 1. The van der Waals surface area contributed by atoms with E-state index in [1.807, 2.05) is 243 Å². The maximum absolute atomic E-state index is 15.0. The molecule has 0 aliphatic heterocycles. The van der Waals surface area contributed by atoms with E-state index < -0.39 is 29.7 Å². The molecule has 10 aromatic rings. The number of pyridine rings is 2. The van der Waals surface area contributed by atoms with Crippen LogP contribution in [0.15, 0.2) is 260 Å². The Morgan fingerprint density at radius 2 is 0.807 bits per heavy atom. The molecule has 8 aromatic carbocycles. The smallest absolute Gasteiger partial charge is 1.00 e. The zero-order chi connectivity index (χ0) is 77.1. The molecule has 2 saturated carbocycles. The Morgan fingerprint density at radius 1 is 0.514 bits per heavy atom. The van der Waals surface area contributed by atoms with E-state index in [-0.39, 0.29) is 184 Å². The number of carbonyl (C=O) groups excluding carboxylic acids is 1.